The van der Waals surface area contributed by atoms with Crippen LogP contribution in [0.1, 0.15) is 33.1 Å². The molecule has 2 aliphatic rings. The summed E-state index contributed by atoms with van der Waals surface area (Å²) in [6.45, 7) is 3.35. The molecular formula is C21H26ClN3O8S. The van der Waals surface area contributed by atoms with Crippen molar-refractivity contribution < 1.29 is 28.2 Å². The molecule has 34 heavy (non-hydrogen) atoms. The smallest absolute Gasteiger partial charge is 0.270 e. The van der Waals surface area contributed by atoms with Gasteiger partial charge in [-0.25, -0.2) is 8.42 Å². The molecule has 2 aromatic carbocycles. The number of rotatable bonds is 8. The quantitative estimate of drug-likeness (QED) is 0.300. The number of nitrogens with zero attached hydrogens (tertiary/aromatic N) is 1. The zero-order valence-corrected chi connectivity index (χ0v) is 20.1. The van der Waals surface area contributed by atoms with Crippen LogP contribution in [0.4, 0.5) is 17.1 Å². The van der Waals surface area contributed by atoms with Gasteiger partial charge in [-0.15, -0.1) is 0 Å². The van der Waals surface area contributed by atoms with E-state index in [9.17, 15) is 28.2 Å². The summed E-state index contributed by atoms with van der Waals surface area (Å²) in [6.07, 6.45) is 1.33. The van der Waals surface area contributed by atoms with E-state index < -0.39 is 37.6 Å². The van der Waals surface area contributed by atoms with Gasteiger partial charge in [0, 0.05) is 0 Å². The summed E-state index contributed by atoms with van der Waals surface area (Å²) in [6, 6.07) is 2.31. The summed E-state index contributed by atoms with van der Waals surface area (Å²) in [5.41, 5.74) is -1.71. The van der Waals surface area contributed by atoms with Crippen molar-refractivity contribution >= 4 is 38.7 Å². The molecule has 11 nitrogen and oxygen atoms in total. The van der Waals surface area contributed by atoms with Crippen molar-refractivity contribution in [1.29, 1.82) is 0 Å². The topological polar surface area (TPSA) is 154 Å². The number of benzene rings is 1. The van der Waals surface area contributed by atoms with Gasteiger partial charge in [0.05, 0.1) is 48.2 Å². The van der Waals surface area contributed by atoms with E-state index in [0.29, 0.717) is 10.9 Å². The van der Waals surface area contributed by atoms with E-state index in [1.54, 1.807) is 0 Å². The number of phenols is 1. The molecule has 0 saturated carbocycles. The van der Waals surface area contributed by atoms with Gasteiger partial charge in [0.1, 0.15) is 16.3 Å². The van der Waals surface area contributed by atoms with E-state index in [-0.39, 0.29) is 53.5 Å². The lowest BCUT2D eigenvalue weighted by molar-refractivity contribution is -0.0317. The lowest BCUT2D eigenvalue weighted by Gasteiger charge is -2.26. The molecule has 0 radical (unpaired) electrons. The van der Waals surface area contributed by atoms with E-state index in [4.69, 9.17) is 21.2 Å². The van der Waals surface area contributed by atoms with Gasteiger partial charge in [-0.1, -0.05) is 23.0 Å². The Hall–Kier alpha value is -2.22. The van der Waals surface area contributed by atoms with Gasteiger partial charge in [0.2, 0.25) is 0 Å². The number of anilines is 3. The average Bonchev–Trinajstić information content (AvgIpc) is 3.43. The van der Waals surface area contributed by atoms with Crippen molar-refractivity contribution in [3.63, 3.8) is 0 Å². The highest BCUT2D eigenvalue weighted by Gasteiger charge is 2.38. The van der Waals surface area contributed by atoms with Crippen LogP contribution in [-0.4, -0.2) is 60.6 Å². The second-order valence-corrected chi connectivity index (χ2v) is 10.6. The van der Waals surface area contributed by atoms with E-state index in [0.717, 1.165) is 12.8 Å². The number of aliphatic hydroxyl groups excluding tert-OH is 1. The van der Waals surface area contributed by atoms with Crippen LogP contribution < -0.4 is 21.5 Å². The molecule has 0 aromatic heterocycles. The Labute approximate surface area is 200 Å². The van der Waals surface area contributed by atoms with Crippen LogP contribution in [0, 0.1) is 0 Å². The van der Waals surface area contributed by atoms with Crippen LogP contribution in [0.15, 0.2) is 26.6 Å². The fourth-order valence-corrected chi connectivity index (χ4v) is 6.05. The first-order chi connectivity index (χ1) is 16.0. The first-order valence-corrected chi connectivity index (χ1v) is 12.7. The molecule has 2 aliphatic heterocycles. The highest BCUT2D eigenvalue weighted by atomic mass is 35.5. The van der Waals surface area contributed by atoms with E-state index >= 15 is 0 Å². The van der Waals surface area contributed by atoms with Crippen LogP contribution in [0.2, 0.25) is 5.02 Å². The Morgan fingerprint density at radius 1 is 1.24 bits per heavy atom. The molecule has 0 spiro atoms. The third kappa shape index (κ3) is 4.41. The number of β-amino-alcohol motifs (C(OH)–C–C–N with tert-alkyl or cyclic N) is 1. The Bertz CT molecular complexity index is 1260. The third-order valence-electron chi connectivity index (χ3n) is 6.03. The number of aromatic hydroxyl groups is 1. The Morgan fingerprint density at radius 3 is 2.53 bits per heavy atom. The summed E-state index contributed by atoms with van der Waals surface area (Å²) in [5.74, 6) is -0.753. The molecule has 2 saturated heterocycles. The van der Waals surface area contributed by atoms with Crippen LogP contribution in [-0.2, 0) is 19.6 Å². The molecule has 4 N–H and O–H groups in total. The molecule has 4 atom stereocenters. The number of hydroxylamine groups is 1. The van der Waals surface area contributed by atoms with E-state index in [1.807, 2.05) is 13.8 Å². The standard InChI is InChI=1S/C21H26ClN3O8S/c1-3-13(15-7-4-10(2)33-15)23-16-17(20(29)19(16)28)24-14-6-5-12(22)21(18(14)27)34(30,31)25-8-11(26)9-32-25/h5-6,10-11,13,15,23-24,26-27H,3-4,7-9H2,1-2H3/t10-,11-,13-,15-/m1/s1. The maximum atomic E-state index is 12.9. The van der Waals surface area contributed by atoms with Gasteiger partial charge < -0.3 is 25.6 Å². The highest BCUT2D eigenvalue weighted by molar-refractivity contribution is 7.89. The maximum Gasteiger partial charge on any atom is 0.270 e. The first kappa shape index (κ1) is 24.9. The summed E-state index contributed by atoms with van der Waals surface area (Å²) in [7, 11) is -4.43. The van der Waals surface area contributed by atoms with Gasteiger partial charge >= 0.3 is 0 Å². The zero-order chi connectivity index (χ0) is 24.8. The summed E-state index contributed by atoms with van der Waals surface area (Å²) >= 11 is 6.07. The second-order valence-electron chi connectivity index (χ2n) is 8.47. The molecule has 13 heteroatoms. The number of aliphatic hydroxyl groups is 1. The monoisotopic (exact) mass is 515 g/mol. The molecule has 0 amide bonds. The van der Waals surface area contributed by atoms with Crippen LogP contribution in [0.25, 0.3) is 0 Å². The third-order valence-corrected chi connectivity index (χ3v) is 8.18. The molecule has 0 aliphatic carbocycles. The number of phenolic OH excluding ortho intramolecular Hbond substituents is 1. The molecule has 0 bridgehead atoms. The number of ether oxygens (including phenoxy) is 1. The lowest BCUT2D eigenvalue weighted by atomic mass is 10.0. The second kappa shape index (κ2) is 9.44. The van der Waals surface area contributed by atoms with Crippen LogP contribution in [0.5, 0.6) is 5.75 Å². The van der Waals surface area contributed by atoms with Crippen molar-refractivity contribution in [2.45, 2.75) is 62.4 Å². The van der Waals surface area contributed by atoms with Gasteiger partial charge in [0.25, 0.3) is 20.9 Å². The van der Waals surface area contributed by atoms with Crippen molar-refractivity contribution in [1.82, 2.24) is 4.47 Å². The van der Waals surface area contributed by atoms with Crippen molar-refractivity contribution in [3.05, 3.63) is 37.6 Å². The van der Waals surface area contributed by atoms with Crippen molar-refractivity contribution in [2.24, 2.45) is 0 Å². The Balaban J connectivity index is 1.62. The highest BCUT2D eigenvalue weighted by Crippen LogP contribution is 2.40. The molecule has 186 valence electrons. The van der Waals surface area contributed by atoms with Gasteiger partial charge in [-0.05, 0) is 38.3 Å². The number of hydrogen-bond donors (Lipinski definition) is 4. The summed E-state index contributed by atoms with van der Waals surface area (Å²) in [5, 5.41) is 25.8. The van der Waals surface area contributed by atoms with Crippen molar-refractivity contribution in [3.8, 4) is 5.75 Å². The normalized spacial score (nSPS) is 24.5. The lowest BCUT2D eigenvalue weighted by Crippen LogP contribution is -2.42. The van der Waals surface area contributed by atoms with E-state index in [1.165, 1.54) is 12.1 Å². The largest absolute Gasteiger partial charge is 0.504 e. The van der Waals surface area contributed by atoms with Gasteiger partial charge in [-0.2, -0.15) is 0 Å². The van der Waals surface area contributed by atoms with Gasteiger partial charge in [-0.3, -0.25) is 14.4 Å². The zero-order valence-electron chi connectivity index (χ0n) is 18.6. The first-order valence-electron chi connectivity index (χ1n) is 10.9. The number of hydrogen-bond acceptors (Lipinski definition) is 10. The molecule has 2 aromatic rings. The SMILES string of the molecule is CC[C@@H](Nc1c(Nc2ccc(Cl)c(S(=O)(=O)N3C[C@@H](O)CO3)c2O)c(=O)c1=O)[C@H]1CC[C@@H](C)O1. The number of halogens is 1. The Kier molecular flexibility index (Phi) is 6.91. The average molecular weight is 516 g/mol. The fourth-order valence-electron chi connectivity index (χ4n) is 4.16. The van der Waals surface area contributed by atoms with Crippen LogP contribution >= 0.6 is 11.6 Å². The number of nitrogens with one attached hydrogen (secondary N) is 2. The fraction of sp³-hybridized carbons (Fsp3) is 0.524. The molecule has 0 unspecified atom stereocenters. The minimum absolute atomic E-state index is 0.0461. The summed E-state index contributed by atoms with van der Waals surface area (Å²) in [4.78, 5) is 28.9. The molecular weight excluding hydrogens is 490 g/mol. The molecule has 2 fully saturated rings. The minimum Gasteiger partial charge on any atom is -0.504 e. The predicted molar refractivity (Wildman–Crippen MR) is 125 cm³/mol. The minimum atomic E-state index is -4.43. The Morgan fingerprint density at radius 2 is 1.94 bits per heavy atom. The van der Waals surface area contributed by atoms with Gasteiger partial charge in [0.15, 0.2) is 5.75 Å². The van der Waals surface area contributed by atoms with E-state index in [2.05, 4.69) is 10.6 Å². The van der Waals surface area contributed by atoms with Crippen molar-refractivity contribution in [2.75, 3.05) is 23.8 Å². The maximum absolute atomic E-state index is 12.9. The summed E-state index contributed by atoms with van der Waals surface area (Å²) < 4.78 is 32.3. The molecule has 2 heterocycles. The number of sulfonamides is 1. The predicted octanol–water partition coefficient (Wildman–Crippen LogP) is 1.44. The van der Waals surface area contributed by atoms with Crippen LogP contribution in [0.3, 0.4) is 0 Å². The molecule has 4 rings (SSSR count).